The first-order chi connectivity index (χ1) is 11.7. The fourth-order valence-corrected chi connectivity index (χ4v) is 2.74. The van der Waals surface area contributed by atoms with Crippen molar-refractivity contribution in [2.45, 2.75) is 6.10 Å². The van der Waals surface area contributed by atoms with Crippen LogP contribution in [-0.2, 0) is 9.53 Å². The highest BCUT2D eigenvalue weighted by Crippen LogP contribution is 2.20. The SMILES string of the molecule is NC(=O)C1CN(c2ccc3nnc(-c4ccccc4)n3n2)CCO1. The summed E-state index contributed by atoms with van der Waals surface area (Å²) in [5.41, 5.74) is 6.95. The average molecular weight is 324 g/mol. The van der Waals surface area contributed by atoms with Crippen LogP contribution in [0.2, 0.25) is 0 Å². The summed E-state index contributed by atoms with van der Waals surface area (Å²) in [6.07, 6.45) is -0.620. The average Bonchev–Trinajstić information content (AvgIpc) is 3.05. The standard InChI is InChI=1S/C16H16N6O2/c17-15(23)12-10-21(8-9-24-12)14-7-6-13-18-19-16(22(13)20-14)11-4-2-1-3-5-11/h1-7,12H,8-10H2,(H2,17,23). The number of nitrogens with zero attached hydrogens (tertiary/aromatic N) is 5. The van der Waals surface area contributed by atoms with E-state index in [1.54, 1.807) is 4.52 Å². The molecule has 4 rings (SSSR count). The Morgan fingerprint density at radius 2 is 2.00 bits per heavy atom. The molecule has 8 heteroatoms. The molecule has 8 nitrogen and oxygen atoms in total. The van der Waals surface area contributed by atoms with E-state index < -0.39 is 12.0 Å². The molecule has 0 saturated carbocycles. The van der Waals surface area contributed by atoms with Crippen molar-refractivity contribution in [3.05, 3.63) is 42.5 Å². The van der Waals surface area contributed by atoms with E-state index >= 15 is 0 Å². The highest BCUT2D eigenvalue weighted by atomic mass is 16.5. The first-order valence-corrected chi connectivity index (χ1v) is 7.66. The van der Waals surface area contributed by atoms with Gasteiger partial charge in [-0.2, -0.15) is 4.52 Å². The summed E-state index contributed by atoms with van der Waals surface area (Å²) >= 11 is 0. The third-order valence-corrected chi connectivity index (χ3v) is 3.99. The van der Waals surface area contributed by atoms with Crippen LogP contribution in [0.1, 0.15) is 0 Å². The van der Waals surface area contributed by atoms with Gasteiger partial charge in [0.05, 0.1) is 13.2 Å². The van der Waals surface area contributed by atoms with Gasteiger partial charge in [-0.25, -0.2) is 0 Å². The van der Waals surface area contributed by atoms with Crippen LogP contribution < -0.4 is 10.6 Å². The van der Waals surface area contributed by atoms with Gasteiger partial charge in [0.15, 0.2) is 17.6 Å². The zero-order chi connectivity index (χ0) is 16.5. The predicted molar refractivity (Wildman–Crippen MR) is 87.4 cm³/mol. The fraction of sp³-hybridized carbons (Fsp3) is 0.250. The molecule has 3 aromatic rings. The lowest BCUT2D eigenvalue weighted by molar-refractivity contribution is -0.130. The number of anilines is 1. The number of ether oxygens (including phenoxy) is 1. The molecule has 1 aromatic carbocycles. The Kier molecular flexibility index (Phi) is 3.58. The lowest BCUT2D eigenvalue weighted by Gasteiger charge is -2.32. The first-order valence-electron chi connectivity index (χ1n) is 7.66. The number of nitrogens with two attached hydrogens (primary N) is 1. The second kappa shape index (κ2) is 5.89. The van der Waals surface area contributed by atoms with Crippen molar-refractivity contribution < 1.29 is 9.53 Å². The molecular weight excluding hydrogens is 308 g/mol. The Balaban J connectivity index is 1.71. The quantitative estimate of drug-likeness (QED) is 0.752. The minimum absolute atomic E-state index is 0.386. The van der Waals surface area contributed by atoms with E-state index in [4.69, 9.17) is 10.5 Å². The van der Waals surface area contributed by atoms with E-state index in [9.17, 15) is 4.79 Å². The Labute approximate surface area is 137 Å². The second-order valence-electron chi connectivity index (χ2n) is 5.56. The zero-order valence-electron chi connectivity index (χ0n) is 12.9. The van der Waals surface area contributed by atoms with Crippen LogP contribution in [0.25, 0.3) is 17.0 Å². The van der Waals surface area contributed by atoms with Crippen LogP contribution in [0.5, 0.6) is 0 Å². The Morgan fingerprint density at radius 1 is 1.17 bits per heavy atom. The molecule has 3 heterocycles. The highest BCUT2D eigenvalue weighted by molar-refractivity contribution is 5.79. The molecule has 1 unspecified atom stereocenters. The minimum Gasteiger partial charge on any atom is -0.367 e. The van der Waals surface area contributed by atoms with Crippen LogP contribution in [0.15, 0.2) is 42.5 Å². The van der Waals surface area contributed by atoms with Gasteiger partial charge in [-0.3, -0.25) is 4.79 Å². The van der Waals surface area contributed by atoms with Gasteiger partial charge in [0.25, 0.3) is 0 Å². The van der Waals surface area contributed by atoms with E-state index in [0.29, 0.717) is 31.2 Å². The monoisotopic (exact) mass is 324 g/mol. The van der Waals surface area contributed by atoms with Gasteiger partial charge in [-0.15, -0.1) is 15.3 Å². The normalized spacial score (nSPS) is 18.0. The van der Waals surface area contributed by atoms with Gasteiger partial charge in [0.1, 0.15) is 5.82 Å². The Bertz CT molecular complexity index is 879. The van der Waals surface area contributed by atoms with Crippen molar-refractivity contribution in [3.8, 4) is 11.4 Å². The summed E-state index contributed by atoms with van der Waals surface area (Å²) in [5, 5.41) is 13.0. The number of fused-ring (bicyclic) bond motifs is 1. The number of amides is 1. The molecule has 1 saturated heterocycles. The number of benzene rings is 1. The molecule has 1 aliphatic rings. The first kappa shape index (κ1) is 14.6. The minimum atomic E-state index is -0.620. The summed E-state index contributed by atoms with van der Waals surface area (Å²) in [4.78, 5) is 13.3. The van der Waals surface area contributed by atoms with Crippen molar-refractivity contribution in [2.24, 2.45) is 5.73 Å². The van der Waals surface area contributed by atoms with Gasteiger partial charge in [0.2, 0.25) is 5.91 Å². The summed E-state index contributed by atoms with van der Waals surface area (Å²) in [7, 11) is 0. The number of primary amides is 1. The number of carbonyl (C=O) groups excluding carboxylic acids is 1. The van der Waals surface area contributed by atoms with E-state index in [-0.39, 0.29) is 0 Å². The van der Waals surface area contributed by atoms with Crippen LogP contribution in [0, 0.1) is 0 Å². The molecule has 0 spiro atoms. The Morgan fingerprint density at radius 3 is 2.79 bits per heavy atom. The largest absolute Gasteiger partial charge is 0.367 e. The number of hydrogen-bond donors (Lipinski definition) is 1. The van der Waals surface area contributed by atoms with Gasteiger partial charge < -0.3 is 15.4 Å². The van der Waals surface area contributed by atoms with Crippen molar-refractivity contribution in [2.75, 3.05) is 24.6 Å². The van der Waals surface area contributed by atoms with Crippen LogP contribution in [-0.4, -0.2) is 51.5 Å². The Hall–Kier alpha value is -3.00. The molecule has 1 amide bonds. The van der Waals surface area contributed by atoms with Gasteiger partial charge in [-0.1, -0.05) is 30.3 Å². The van der Waals surface area contributed by atoms with E-state index in [1.807, 2.05) is 47.4 Å². The zero-order valence-corrected chi connectivity index (χ0v) is 12.9. The third-order valence-electron chi connectivity index (χ3n) is 3.99. The molecule has 0 aliphatic carbocycles. The van der Waals surface area contributed by atoms with Gasteiger partial charge >= 0.3 is 0 Å². The summed E-state index contributed by atoms with van der Waals surface area (Å²) < 4.78 is 7.09. The maximum Gasteiger partial charge on any atom is 0.248 e. The summed E-state index contributed by atoms with van der Waals surface area (Å²) in [6, 6.07) is 13.5. The van der Waals surface area contributed by atoms with E-state index in [0.717, 1.165) is 11.4 Å². The molecule has 2 aromatic heterocycles. The van der Waals surface area contributed by atoms with Crippen molar-refractivity contribution in [1.82, 2.24) is 19.8 Å². The summed E-state index contributed by atoms with van der Waals surface area (Å²) in [5.74, 6) is 0.941. The van der Waals surface area contributed by atoms with Crippen LogP contribution in [0.3, 0.4) is 0 Å². The smallest absolute Gasteiger partial charge is 0.248 e. The number of morpholine rings is 1. The fourth-order valence-electron chi connectivity index (χ4n) is 2.74. The number of carbonyl (C=O) groups is 1. The molecule has 1 atom stereocenters. The van der Waals surface area contributed by atoms with Crippen LogP contribution >= 0.6 is 0 Å². The number of rotatable bonds is 3. The van der Waals surface area contributed by atoms with E-state index in [1.165, 1.54) is 0 Å². The topological polar surface area (TPSA) is 98.6 Å². The lowest BCUT2D eigenvalue weighted by atomic mass is 10.2. The van der Waals surface area contributed by atoms with Crippen molar-refractivity contribution in [1.29, 1.82) is 0 Å². The van der Waals surface area contributed by atoms with Gasteiger partial charge in [0, 0.05) is 12.1 Å². The number of aromatic nitrogens is 4. The summed E-state index contributed by atoms with van der Waals surface area (Å²) in [6.45, 7) is 1.46. The lowest BCUT2D eigenvalue weighted by Crippen LogP contribution is -2.48. The molecule has 1 aliphatic heterocycles. The molecule has 24 heavy (non-hydrogen) atoms. The molecule has 2 N–H and O–H groups in total. The molecule has 0 radical (unpaired) electrons. The third kappa shape index (κ3) is 2.56. The second-order valence-corrected chi connectivity index (χ2v) is 5.56. The van der Waals surface area contributed by atoms with Crippen molar-refractivity contribution >= 4 is 17.4 Å². The highest BCUT2D eigenvalue weighted by Gasteiger charge is 2.26. The number of hydrogen-bond acceptors (Lipinski definition) is 6. The molecular formula is C16H16N6O2. The molecule has 0 bridgehead atoms. The maximum absolute atomic E-state index is 11.4. The van der Waals surface area contributed by atoms with E-state index in [2.05, 4.69) is 15.3 Å². The molecule has 1 fully saturated rings. The van der Waals surface area contributed by atoms with Crippen molar-refractivity contribution in [3.63, 3.8) is 0 Å². The maximum atomic E-state index is 11.4. The van der Waals surface area contributed by atoms with Crippen LogP contribution in [0.4, 0.5) is 5.82 Å². The van der Waals surface area contributed by atoms with Gasteiger partial charge in [-0.05, 0) is 12.1 Å². The predicted octanol–water partition coefficient (Wildman–Crippen LogP) is 0.482. The molecule has 122 valence electrons.